The molecule has 0 spiro atoms. The molecular weight excluding hydrogens is 342 g/mol. The molecular formula is C21H23N3O3. The smallest absolute Gasteiger partial charge is 0.227 e. The molecule has 140 valence electrons. The van der Waals surface area contributed by atoms with Gasteiger partial charge >= 0.3 is 0 Å². The van der Waals surface area contributed by atoms with Gasteiger partial charge in [0.1, 0.15) is 5.75 Å². The predicted octanol–water partition coefficient (Wildman–Crippen LogP) is 3.86. The van der Waals surface area contributed by atoms with Crippen LogP contribution in [0.3, 0.4) is 0 Å². The van der Waals surface area contributed by atoms with Gasteiger partial charge in [0.05, 0.1) is 13.2 Å². The van der Waals surface area contributed by atoms with E-state index in [4.69, 9.17) is 9.26 Å². The van der Waals surface area contributed by atoms with Crippen LogP contribution >= 0.6 is 0 Å². The number of aromatic nitrogens is 2. The van der Waals surface area contributed by atoms with Crippen LogP contribution in [0.15, 0.2) is 53.1 Å². The summed E-state index contributed by atoms with van der Waals surface area (Å²) in [5, 5.41) is 6.97. The molecule has 1 heterocycles. The van der Waals surface area contributed by atoms with Crippen LogP contribution in [0.4, 0.5) is 0 Å². The summed E-state index contributed by atoms with van der Waals surface area (Å²) in [4.78, 5) is 16.7. The van der Waals surface area contributed by atoms with Gasteiger partial charge in [-0.1, -0.05) is 53.2 Å². The molecule has 6 heteroatoms. The molecule has 6 nitrogen and oxygen atoms in total. The number of benzene rings is 2. The van der Waals surface area contributed by atoms with E-state index in [2.05, 4.69) is 15.5 Å². The summed E-state index contributed by atoms with van der Waals surface area (Å²) in [6, 6.07) is 15.4. The minimum absolute atomic E-state index is 0.0782. The summed E-state index contributed by atoms with van der Waals surface area (Å²) in [5.41, 5.74) is 2.96. The van der Waals surface area contributed by atoms with E-state index in [0.29, 0.717) is 18.1 Å². The van der Waals surface area contributed by atoms with E-state index in [1.165, 1.54) is 0 Å². The zero-order chi connectivity index (χ0) is 19.2. The van der Waals surface area contributed by atoms with Crippen LogP contribution in [0.1, 0.15) is 36.4 Å². The highest BCUT2D eigenvalue weighted by atomic mass is 16.5. The van der Waals surface area contributed by atoms with Crippen LogP contribution in [0.25, 0.3) is 11.4 Å². The van der Waals surface area contributed by atoms with E-state index in [1.807, 2.05) is 62.4 Å². The first-order valence-electron chi connectivity index (χ1n) is 8.88. The van der Waals surface area contributed by atoms with Gasteiger partial charge in [-0.25, -0.2) is 0 Å². The lowest BCUT2D eigenvalue weighted by Gasteiger charge is -2.17. The SMILES string of the molecule is COc1ccc(C)cc1[C@@H](C)NC(=O)CCc1nc(-c2ccccc2)no1. The summed E-state index contributed by atoms with van der Waals surface area (Å²) in [6.45, 7) is 3.95. The number of methoxy groups -OCH3 is 1. The second-order valence-electron chi connectivity index (χ2n) is 6.41. The minimum Gasteiger partial charge on any atom is -0.496 e. The van der Waals surface area contributed by atoms with Gasteiger partial charge in [-0.15, -0.1) is 0 Å². The number of hydrogen-bond acceptors (Lipinski definition) is 5. The topological polar surface area (TPSA) is 77.2 Å². The van der Waals surface area contributed by atoms with Crippen LogP contribution in [-0.2, 0) is 11.2 Å². The quantitative estimate of drug-likeness (QED) is 0.688. The van der Waals surface area contributed by atoms with E-state index in [1.54, 1.807) is 7.11 Å². The lowest BCUT2D eigenvalue weighted by atomic mass is 10.0. The molecule has 0 radical (unpaired) electrons. The van der Waals surface area contributed by atoms with Gasteiger partial charge in [-0.05, 0) is 19.9 Å². The summed E-state index contributed by atoms with van der Waals surface area (Å²) < 4.78 is 10.6. The highest BCUT2D eigenvalue weighted by molar-refractivity contribution is 5.76. The van der Waals surface area contributed by atoms with Crippen molar-refractivity contribution in [1.82, 2.24) is 15.5 Å². The average Bonchev–Trinajstić information content (AvgIpc) is 3.16. The molecule has 1 N–H and O–H groups in total. The fraction of sp³-hybridized carbons (Fsp3) is 0.286. The van der Waals surface area contributed by atoms with Gasteiger partial charge in [0.2, 0.25) is 17.6 Å². The maximum absolute atomic E-state index is 12.3. The molecule has 0 aliphatic heterocycles. The van der Waals surface area contributed by atoms with Crippen LogP contribution in [0.2, 0.25) is 0 Å². The fourth-order valence-electron chi connectivity index (χ4n) is 2.86. The Morgan fingerprint density at radius 3 is 2.74 bits per heavy atom. The summed E-state index contributed by atoms with van der Waals surface area (Å²) >= 11 is 0. The highest BCUT2D eigenvalue weighted by Gasteiger charge is 2.16. The van der Waals surface area contributed by atoms with Crippen LogP contribution in [0, 0.1) is 6.92 Å². The van der Waals surface area contributed by atoms with Gasteiger partial charge in [-0.3, -0.25) is 4.79 Å². The Labute approximate surface area is 158 Å². The number of aryl methyl sites for hydroxylation is 2. The Hall–Kier alpha value is -3.15. The van der Waals surface area contributed by atoms with Crippen molar-refractivity contribution < 1.29 is 14.1 Å². The maximum atomic E-state index is 12.3. The van der Waals surface area contributed by atoms with Crippen molar-refractivity contribution in [1.29, 1.82) is 0 Å². The Kier molecular flexibility index (Phi) is 5.86. The molecule has 27 heavy (non-hydrogen) atoms. The zero-order valence-corrected chi connectivity index (χ0v) is 15.7. The number of nitrogens with zero attached hydrogens (tertiary/aromatic N) is 2. The second kappa shape index (κ2) is 8.49. The number of amides is 1. The van der Waals surface area contributed by atoms with E-state index < -0.39 is 0 Å². The van der Waals surface area contributed by atoms with Crippen LogP contribution < -0.4 is 10.1 Å². The number of nitrogens with one attached hydrogen (secondary N) is 1. The number of hydrogen-bond donors (Lipinski definition) is 1. The van der Waals surface area contributed by atoms with Gasteiger partial charge < -0.3 is 14.6 Å². The van der Waals surface area contributed by atoms with E-state index in [-0.39, 0.29) is 18.4 Å². The molecule has 0 bridgehead atoms. The molecule has 0 fully saturated rings. The van der Waals surface area contributed by atoms with Crippen molar-refractivity contribution in [2.24, 2.45) is 0 Å². The summed E-state index contributed by atoms with van der Waals surface area (Å²) in [5.74, 6) is 1.66. The fourth-order valence-corrected chi connectivity index (χ4v) is 2.86. The normalized spacial score (nSPS) is 11.8. The Morgan fingerprint density at radius 1 is 1.22 bits per heavy atom. The average molecular weight is 365 g/mol. The lowest BCUT2D eigenvalue weighted by molar-refractivity contribution is -0.121. The summed E-state index contributed by atoms with van der Waals surface area (Å²) in [7, 11) is 1.63. The minimum atomic E-state index is -0.157. The first-order valence-corrected chi connectivity index (χ1v) is 8.88. The molecule has 0 unspecified atom stereocenters. The standard InChI is InChI=1S/C21H23N3O3/c1-14-9-10-18(26-3)17(13-14)15(2)22-19(25)11-12-20-23-21(24-27-20)16-7-5-4-6-8-16/h4-10,13,15H,11-12H2,1-3H3,(H,22,25)/t15-/m1/s1. The Morgan fingerprint density at radius 2 is 2.00 bits per heavy atom. The predicted molar refractivity (Wildman–Crippen MR) is 102 cm³/mol. The van der Waals surface area contributed by atoms with Crippen molar-refractivity contribution in [2.45, 2.75) is 32.7 Å². The number of carbonyl (C=O) groups excluding carboxylic acids is 1. The largest absolute Gasteiger partial charge is 0.496 e. The number of carbonyl (C=O) groups is 1. The third kappa shape index (κ3) is 4.73. The van der Waals surface area contributed by atoms with Gasteiger partial charge in [0.25, 0.3) is 0 Å². The van der Waals surface area contributed by atoms with E-state index in [9.17, 15) is 4.79 Å². The van der Waals surface area contributed by atoms with Gasteiger partial charge in [0, 0.05) is 24.0 Å². The number of rotatable bonds is 7. The van der Waals surface area contributed by atoms with Crippen molar-refractivity contribution in [3.05, 3.63) is 65.5 Å². The molecule has 0 aliphatic rings. The zero-order valence-electron chi connectivity index (χ0n) is 15.7. The third-order valence-corrected chi connectivity index (χ3v) is 4.30. The van der Waals surface area contributed by atoms with E-state index in [0.717, 1.165) is 22.4 Å². The van der Waals surface area contributed by atoms with E-state index >= 15 is 0 Å². The maximum Gasteiger partial charge on any atom is 0.227 e. The molecule has 1 amide bonds. The molecule has 0 saturated heterocycles. The molecule has 1 aromatic heterocycles. The van der Waals surface area contributed by atoms with Crippen molar-refractivity contribution in [3.63, 3.8) is 0 Å². The lowest BCUT2D eigenvalue weighted by Crippen LogP contribution is -2.27. The van der Waals surface area contributed by atoms with Gasteiger partial charge in [0.15, 0.2) is 0 Å². The second-order valence-corrected chi connectivity index (χ2v) is 6.41. The highest BCUT2D eigenvalue weighted by Crippen LogP contribution is 2.26. The molecule has 0 saturated carbocycles. The molecule has 3 rings (SSSR count). The first-order chi connectivity index (χ1) is 13.1. The van der Waals surface area contributed by atoms with Crippen molar-refractivity contribution in [2.75, 3.05) is 7.11 Å². The van der Waals surface area contributed by atoms with Crippen LogP contribution in [-0.4, -0.2) is 23.2 Å². The molecule has 0 aliphatic carbocycles. The first kappa shape index (κ1) is 18.6. The van der Waals surface area contributed by atoms with Gasteiger partial charge in [-0.2, -0.15) is 4.98 Å². The third-order valence-electron chi connectivity index (χ3n) is 4.30. The van der Waals surface area contributed by atoms with Crippen molar-refractivity contribution in [3.8, 4) is 17.1 Å². The molecule has 2 aromatic carbocycles. The monoisotopic (exact) mass is 365 g/mol. The molecule has 3 aromatic rings. The number of ether oxygens (including phenoxy) is 1. The Bertz CT molecular complexity index is 906. The molecule has 1 atom stereocenters. The van der Waals surface area contributed by atoms with Crippen LogP contribution in [0.5, 0.6) is 5.75 Å². The van der Waals surface area contributed by atoms with Crippen molar-refractivity contribution >= 4 is 5.91 Å². The Balaban J connectivity index is 1.57. The summed E-state index contributed by atoms with van der Waals surface area (Å²) in [6.07, 6.45) is 0.665.